The third-order valence-electron chi connectivity index (χ3n) is 7.63. The summed E-state index contributed by atoms with van der Waals surface area (Å²) in [4.78, 5) is 2.94. The highest BCUT2D eigenvalue weighted by molar-refractivity contribution is 7.92. The minimum absolute atomic E-state index is 0. The molecular formula is C27H38Cl2N2O4S. The zero-order chi connectivity index (χ0) is 25.3. The van der Waals surface area contributed by atoms with E-state index >= 15 is 0 Å². The van der Waals surface area contributed by atoms with Crippen molar-refractivity contribution in [2.45, 2.75) is 68.7 Å². The van der Waals surface area contributed by atoms with Crippen molar-refractivity contribution in [3.63, 3.8) is 0 Å². The average molecular weight is 558 g/mol. The van der Waals surface area contributed by atoms with Crippen molar-refractivity contribution >= 4 is 33.8 Å². The quantitative estimate of drug-likeness (QED) is 0.393. The number of methoxy groups -OCH3 is 2. The summed E-state index contributed by atoms with van der Waals surface area (Å²) >= 11 is 6.19. The van der Waals surface area contributed by atoms with Crippen LogP contribution in [-0.2, 0) is 22.7 Å². The van der Waals surface area contributed by atoms with Crippen LogP contribution in [0.3, 0.4) is 0 Å². The van der Waals surface area contributed by atoms with Crippen molar-refractivity contribution in [2.75, 3.05) is 34.4 Å². The summed E-state index contributed by atoms with van der Waals surface area (Å²) in [5.41, 5.74) is 5.58. The Kier molecular flexibility index (Phi) is 9.61. The van der Waals surface area contributed by atoms with Gasteiger partial charge in [-0.3, -0.25) is 4.90 Å². The molecule has 2 aromatic carbocycles. The molecule has 4 rings (SSSR count). The molecule has 0 amide bonds. The van der Waals surface area contributed by atoms with E-state index in [1.165, 1.54) is 16.7 Å². The molecule has 1 heterocycles. The summed E-state index contributed by atoms with van der Waals surface area (Å²) < 4.78 is 38.0. The fraction of sp³-hybridized carbons (Fsp3) is 0.556. The molecule has 0 spiro atoms. The number of sulfone groups is 1. The Morgan fingerprint density at radius 2 is 1.86 bits per heavy atom. The lowest BCUT2D eigenvalue weighted by Gasteiger charge is -2.35. The molecule has 2 aromatic rings. The molecule has 2 unspecified atom stereocenters. The van der Waals surface area contributed by atoms with Crippen LogP contribution >= 0.6 is 24.0 Å². The lowest BCUT2D eigenvalue weighted by molar-refractivity contribution is 0.181. The maximum absolute atomic E-state index is 13.4. The van der Waals surface area contributed by atoms with Crippen LogP contribution in [0.5, 0.6) is 11.5 Å². The lowest BCUT2D eigenvalue weighted by Crippen LogP contribution is -2.36. The van der Waals surface area contributed by atoms with Gasteiger partial charge in [0.15, 0.2) is 21.3 Å². The molecule has 1 aliphatic carbocycles. The van der Waals surface area contributed by atoms with Crippen molar-refractivity contribution in [1.29, 1.82) is 0 Å². The Balaban J connectivity index is 0.00000361. The molecule has 0 saturated carbocycles. The molecule has 200 valence electrons. The van der Waals surface area contributed by atoms with Crippen molar-refractivity contribution < 1.29 is 17.9 Å². The first-order chi connectivity index (χ1) is 16.7. The van der Waals surface area contributed by atoms with Gasteiger partial charge in [0.1, 0.15) is 5.37 Å². The number of unbranched alkanes of at least 4 members (excludes halogenated alkanes) is 1. The number of hydrogen-bond donors (Lipinski definition) is 1. The first-order valence-corrected chi connectivity index (χ1v) is 14.3. The molecule has 0 radical (unpaired) electrons. The van der Waals surface area contributed by atoms with Crippen LogP contribution in [0, 0.1) is 13.8 Å². The summed E-state index contributed by atoms with van der Waals surface area (Å²) in [7, 11) is 1.65. The zero-order valence-electron chi connectivity index (χ0n) is 21.8. The number of halogens is 2. The molecule has 0 aromatic heterocycles. The highest BCUT2D eigenvalue weighted by Crippen LogP contribution is 2.48. The van der Waals surface area contributed by atoms with Crippen molar-refractivity contribution in [1.82, 2.24) is 10.2 Å². The van der Waals surface area contributed by atoms with Crippen LogP contribution in [0.25, 0.3) is 0 Å². The third kappa shape index (κ3) is 5.37. The minimum atomic E-state index is -3.50. The fourth-order valence-corrected chi connectivity index (χ4v) is 7.96. The monoisotopic (exact) mass is 556 g/mol. The molecule has 9 heteroatoms. The molecule has 36 heavy (non-hydrogen) atoms. The Labute approximate surface area is 227 Å². The van der Waals surface area contributed by atoms with E-state index in [1.807, 2.05) is 6.92 Å². The van der Waals surface area contributed by atoms with Crippen LogP contribution in [0.15, 0.2) is 23.1 Å². The number of aryl methyl sites for hydroxylation is 2. The fourth-order valence-electron chi connectivity index (χ4n) is 5.80. The van der Waals surface area contributed by atoms with Gasteiger partial charge in [0.05, 0.1) is 19.1 Å². The van der Waals surface area contributed by atoms with E-state index in [-0.39, 0.29) is 12.4 Å². The van der Waals surface area contributed by atoms with E-state index in [1.54, 1.807) is 40.3 Å². The molecule has 0 fully saturated rings. The summed E-state index contributed by atoms with van der Waals surface area (Å²) in [6.45, 7) is 5.63. The number of hydrogen-bond acceptors (Lipinski definition) is 6. The van der Waals surface area contributed by atoms with Gasteiger partial charge in [-0.05, 0) is 106 Å². The smallest absolute Gasteiger partial charge is 0.194 e. The maximum atomic E-state index is 13.4. The summed E-state index contributed by atoms with van der Waals surface area (Å²) in [6, 6.07) is 6.00. The van der Waals surface area contributed by atoms with E-state index in [4.69, 9.17) is 21.1 Å². The lowest BCUT2D eigenvalue weighted by atomic mass is 9.92. The number of rotatable bonds is 10. The second-order valence-electron chi connectivity index (χ2n) is 9.69. The zero-order valence-corrected chi connectivity index (χ0v) is 24.2. The largest absolute Gasteiger partial charge is 0.493 e. The van der Waals surface area contributed by atoms with E-state index in [0.717, 1.165) is 62.3 Å². The van der Waals surface area contributed by atoms with Gasteiger partial charge in [0.2, 0.25) is 0 Å². The van der Waals surface area contributed by atoms with Crippen LogP contribution < -0.4 is 14.8 Å². The molecule has 2 aliphatic rings. The van der Waals surface area contributed by atoms with E-state index in [0.29, 0.717) is 27.9 Å². The summed E-state index contributed by atoms with van der Waals surface area (Å²) in [5, 5.41) is 3.03. The summed E-state index contributed by atoms with van der Waals surface area (Å²) in [5.74, 6) is 1.71. The summed E-state index contributed by atoms with van der Waals surface area (Å²) in [6.07, 6.45) is 5.47. The van der Waals surface area contributed by atoms with E-state index < -0.39 is 15.2 Å². The predicted octanol–water partition coefficient (Wildman–Crippen LogP) is 5.43. The molecule has 1 aliphatic heterocycles. The van der Waals surface area contributed by atoms with Gasteiger partial charge in [-0.25, -0.2) is 8.42 Å². The van der Waals surface area contributed by atoms with Crippen molar-refractivity contribution in [3.05, 3.63) is 51.0 Å². The molecule has 0 saturated heterocycles. The molecule has 2 atom stereocenters. The first kappa shape index (κ1) is 29.1. The minimum Gasteiger partial charge on any atom is -0.493 e. The normalized spacial score (nSPS) is 17.9. The Bertz CT molecular complexity index is 1200. The highest BCUT2D eigenvalue weighted by atomic mass is 35.5. The van der Waals surface area contributed by atoms with Gasteiger partial charge in [-0.1, -0.05) is 11.6 Å². The second kappa shape index (κ2) is 11.9. The molecule has 1 N–H and O–H groups in total. The van der Waals surface area contributed by atoms with Gasteiger partial charge in [-0.2, -0.15) is 0 Å². The van der Waals surface area contributed by atoms with E-state index in [2.05, 4.69) is 16.3 Å². The molecular weight excluding hydrogens is 519 g/mol. The maximum Gasteiger partial charge on any atom is 0.194 e. The SMILES string of the molecule is CNC(CCCCN1CCc2cc(OC)c(OC)c3c2C1CC3)S(=O)(=O)c1cc(C)c(Cl)cc1C.Cl. The van der Waals surface area contributed by atoms with E-state index in [9.17, 15) is 8.42 Å². The predicted molar refractivity (Wildman–Crippen MR) is 148 cm³/mol. The third-order valence-corrected chi connectivity index (χ3v) is 10.3. The van der Waals surface area contributed by atoms with Gasteiger partial charge >= 0.3 is 0 Å². The van der Waals surface area contributed by atoms with Crippen LogP contribution in [-0.4, -0.2) is 53.0 Å². The number of nitrogens with one attached hydrogen (secondary N) is 1. The van der Waals surface area contributed by atoms with Gasteiger partial charge in [-0.15, -0.1) is 12.4 Å². The van der Waals surface area contributed by atoms with Crippen molar-refractivity contribution in [3.8, 4) is 11.5 Å². The van der Waals surface area contributed by atoms with Gasteiger partial charge in [0, 0.05) is 23.2 Å². The highest BCUT2D eigenvalue weighted by Gasteiger charge is 2.36. The number of benzene rings is 2. The molecule has 0 bridgehead atoms. The Morgan fingerprint density at radius 3 is 2.53 bits per heavy atom. The standard InChI is InChI=1S/C27H37ClN2O4S.ClH/c1-17-15-24(18(2)14-21(17)28)35(31,32)25(29-3)8-6-7-12-30-13-11-19-16-23(33-4)27(34-5)20-9-10-22(30)26(19)20;/h14-16,22,25,29H,6-13H2,1-5H3;1H. The van der Waals surface area contributed by atoms with Crippen LogP contribution in [0.2, 0.25) is 5.02 Å². The average Bonchev–Trinajstić information content (AvgIpc) is 3.28. The first-order valence-electron chi connectivity index (χ1n) is 12.4. The Morgan fingerprint density at radius 1 is 1.11 bits per heavy atom. The van der Waals surface area contributed by atoms with Crippen LogP contribution in [0.4, 0.5) is 0 Å². The van der Waals surface area contributed by atoms with Crippen LogP contribution in [0.1, 0.15) is 59.5 Å². The number of ether oxygens (including phenoxy) is 2. The van der Waals surface area contributed by atoms with Gasteiger partial charge < -0.3 is 14.8 Å². The number of nitrogens with zero attached hydrogens (tertiary/aromatic N) is 1. The second-order valence-corrected chi connectivity index (χ2v) is 12.2. The topological polar surface area (TPSA) is 67.9 Å². The van der Waals surface area contributed by atoms with Crippen molar-refractivity contribution in [2.24, 2.45) is 0 Å². The Hall–Kier alpha value is -1.51. The van der Waals surface area contributed by atoms with Gasteiger partial charge in [0.25, 0.3) is 0 Å². The molecule has 6 nitrogen and oxygen atoms in total.